The maximum absolute atomic E-state index is 14.0. The summed E-state index contributed by atoms with van der Waals surface area (Å²) in [4.78, 5) is 32.3. The maximum atomic E-state index is 14.0. The predicted octanol–water partition coefficient (Wildman–Crippen LogP) is 5.53. The van der Waals surface area contributed by atoms with Gasteiger partial charge in [0.25, 0.3) is 5.56 Å². The summed E-state index contributed by atoms with van der Waals surface area (Å²) >= 11 is 10.8. The Morgan fingerprint density at radius 2 is 1.93 bits per heavy atom. The molecule has 12 heteroatoms. The van der Waals surface area contributed by atoms with Crippen molar-refractivity contribution in [3.05, 3.63) is 112 Å². The highest BCUT2D eigenvalue weighted by atomic mass is 79.9. The first kappa shape index (κ1) is 30.0. The number of benzene rings is 3. The van der Waals surface area contributed by atoms with Crippen molar-refractivity contribution in [2.75, 3.05) is 20.5 Å². The first-order valence-electron chi connectivity index (χ1n) is 13.6. The van der Waals surface area contributed by atoms with Crippen LogP contribution in [0.3, 0.4) is 0 Å². The van der Waals surface area contributed by atoms with Crippen molar-refractivity contribution in [1.82, 2.24) is 4.57 Å². The van der Waals surface area contributed by atoms with Crippen molar-refractivity contribution in [3.63, 3.8) is 0 Å². The molecule has 2 aliphatic heterocycles. The number of aromatic nitrogens is 1. The van der Waals surface area contributed by atoms with Gasteiger partial charge in [0.05, 0.1) is 40.0 Å². The summed E-state index contributed by atoms with van der Waals surface area (Å²) in [6.45, 7) is 4.08. The van der Waals surface area contributed by atoms with E-state index < -0.39 is 12.0 Å². The van der Waals surface area contributed by atoms with Crippen LogP contribution in [0.2, 0.25) is 5.02 Å². The monoisotopic (exact) mass is 696 g/mol. The van der Waals surface area contributed by atoms with Crippen LogP contribution in [0.5, 0.6) is 23.0 Å². The molecule has 3 aromatic carbocycles. The fourth-order valence-electron chi connectivity index (χ4n) is 5.04. The van der Waals surface area contributed by atoms with Crippen molar-refractivity contribution in [1.29, 1.82) is 0 Å². The summed E-state index contributed by atoms with van der Waals surface area (Å²) < 4.78 is 30.8. The predicted molar refractivity (Wildman–Crippen MR) is 169 cm³/mol. The molecular weight excluding hydrogens is 672 g/mol. The largest absolute Gasteiger partial charge is 0.493 e. The SMILES string of the molecule is CCOC(=O)C1=C(C)N=c2s/c(=C\c3cc(Br)c(OCc4ccc(Cl)cc4)c(OC)c3)c(=O)n2C1c1ccc2c(c1)OCO2. The topological polar surface area (TPSA) is 97.6 Å². The van der Waals surface area contributed by atoms with Gasteiger partial charge in [0.15, 0.2) is 27.8 Å². The number of halogens is 2. The minimum absolute atomic E-state index is 0.102. The summed E-state index contributed by atoms with van der Waals surface area (Å²) in [6.07, 6.45) is 1.76. The van der Waals surface area contributed by atoms with Crippen molar-refractivity contribution in [2.45, 2.75) is 26.5 Å². The van der Waals surface area contributed by atoms with Gasteiger partial charge in [-0.25, -0.2) is 9.79 Å². The normalized spacial score (nSPS) is 15.6. The third-order valence-electron chi connectivity index (χ3n) is 7.08. The second-order valence-corrected chi connectivity index (χ2v) is 12.2. The molecule has 9 nitrogen and oxygen atoms in total. The minimum atomic E-state index is -0.771. The van der Waals surface area contributed by atoms with E-state index in [2.05, 4.69) is 20.9 Å². The summed E-state index contributed by atoms with van der Waals surface area (Å²) in [5, 5.41) is 0.650. The number of fused-ring (bicyclic) bond motifs is 2. The first-order chi connectivity index (χ1) is 21.3. The van der Waals surface area contributed by atoms with Crippen molar-refractivity contribution in [3.8, 4) is 23.0 Å². The highest BCUT2D eigenvalue weighted by Gasteiger charge is 2.34. The lowest BCUT2D eigenvalue weighted by Gasteiger charge is -2.24. The number of hydrogen-bond donors (Lipinski definition) is 0. The van der Waals surface area contributed by atoms with Crippen molar-refractivity contribution >= 4 is 50.9 Å². The number of carbonyl (C=O) groups is 1. The van der Waals surface area contributed by atoms with E-state index >= 15 is 0 Å². The molecule has 6 rings (SSSR count). The Labute approximate surface area is 269 Å². The zero-order valence-corrected chi connectivity index (χ0v) is 27.0. The van der Waals surface area contributed by atoms with E-state index in [4.69, 9.17) is 35.3 Å². The van der Waals surface area contributed by atoms with Crippen LogP contribution in [0, 0.1) is 0 Å². The van der Waals surface area contributed by atoms with Crippen LogP contribution in [0.1, 0.15) is 36.6 Å². The average molecular weight is 698 g/mol. The van der Waals surface area contributed by atoms with E-state index in [1.54, 1.807) is 57.4 Å². The zero-order chi connectivity index (χ0) is 31.0. The molecule has 0 aliphatic carbocycles. The second kappa shape index (κ2) is 12.5. The number of allylic oxidation sites excluding steroid dienone is 1. The van der Waals surface area contributed by atoms with Gasteiger partial charge >= 0.3 is 5.97 Å². The summed E-state index contributed by atoms with van der Waals surface area (Å²) in [5.41, 5.74) is 2.79. The van der Waals surface area contributed by atoms with E-state index in [-0.39, 0.29) is 24.5 Å². The quantitative estimate of drug-likeness (QED) is 0.224. The molecule has 0 fully saturated rings. The molecule has 44 heavy (non-hydrogen) atoms. The number of methoxy groups -OCH3 is 1. The van der Waals surface area contributed by atoms with Gasteiger partial charge in [-0.2, -0.15) is 0 Å². The molecule has 0 N–H and O–H groups in total. The smallest absolute Gasteiger partial charge is 0.338 e. The molecule has 2 aliphatic rings. The van der Waals surface area contributed by atoms with Crippen LogP contribution in [0.4, 0.5) is 0 Å². The molecule has 0 amide bonds. The Balaban J connectivity index is 1.41. The standard InChI is InChI=1S/C32H26BrClN2O7S/c1-4-40-31(38)27-17(2)35-32-36(28(27)20-7-10-23-24(14-20)43-16-42-23)30(37)26(44-32)13-19-11-22(33)29(25(12-19)39-3)41-15-18-5-8-21(34)9-6-18/h5-14,28H,4,15-16H2,1-3H3/b26-13-. The molecule has 0 spiro atoms. The third kappa shape index (κ3) is 5.74. The van der Waals surface area contributed by atoms with Gasteiger partial charge in [0.2, 0.25) is 6.79 Å². The lowest BCUT2D eigenvalue weighted by molar-refractivity contribution is -0.139. The van der Waals surface area contributed by atoms with Gasteiger partial charge in [-0.3, -0.25) is 9.36 Å². The van der Waals surface area contributed by atoms with Gasteiger partial charge in [0, 0.05) is 5.02 Å². The molecule has 0 saturated carbocycles. The van der Waals surface area contributed by atoms with Crippen LogP contribution >= 0.6 is 38.9 Å². The number of nitrogens with zero attached hydrogens (tertiary/aromatic N) is 2. The van der Waals surface area contributed by atoms with E-state index in [0.29, 0.717) is 65.3 Å². The summed E-state index contributed by atoms with van der Waals surface area (Å²) in [5.74, 6) is 1.62. The number of esters is 1. The number of rotatable bonds is 8. The molecule has 1 atom stereocenters. The molecule has 0 saturated heterocycles. The van der Waals surface area contributed by atoms with Gasteiger partial charge in [-0.05, 0) is 88.9 Å². The van der Waals surface area contributed by atoms with Crippen LogP contribution < -0.4 is 33.8 Å². The van der Waals surface area contributed by atoms with E-state index in [0.717, 1.165) is 5.56 Å². The van der Waals surface area contributed by atoms with Crippen LogP contribution in [-0.4, -0.2) is 31.0 Å². The molecular formula is C32H26BrClN2O7S. The minimum Gasteiger partial charge on any atom is -0.493 e. The highest BCUT2D eigenvalue weighted by Crippen LogP contribution is 2.39. The van der Waals surface area contributed by atoms with E-state index in [9.17, 15) is 9.59 Å². The molecule has 0 bridgehead atoms. The Hall–Kier alpha value is -4.06. The van der Waals surface area contributed by atoms with E-state index in [1.807, 2.05) is 24.3 Å². The molecule has 0 radical (unpaired) electrons. The number of ether oxygens (including phenoxy) is 5. The first-order valence-corrected chi connectivity index (χ1v) is 15.6. The summed E-state index contributed by atoms with van der Waals surface area (Å²) in [6, 6.07) is 15.6. The molecule has 1 unspecified atom stereocenters. The Morgan fingerprint density at radius 1 is 1.16 bits per heavy atom. The second-order valence-electron chi connectivity index (χ2n) is 9.86. The average Bonchev–Trinajstić information content (AvgIpc) is 3.60. The highest BCUT2D eigenvalue weighted by molar-refractivity contribution is 9.10. The van der Waals surface area contributed by atoms with Crippen LogP contribution in [-0.2, 0) is 16.1 Å². The van der Waals surface area contributed by atoms with Crippen LogP contribution in [0.25, 0.3) is 6.08 Å². The van der Waals surface area contributed by atoms with Gasteiger partial charge in [0.1, 0.15) is 6.61 Å². The number of thiazole rings is 1. The summed E-state index contributed by atoms with van der Waals surface area (Å²) in [7, 11) is 1.56. The zero-order valence-electron chi connectivity index (χ0n) is 23.9. The number of hydrogen-bond acceptors (Lipinski definition) is 9. The van der Waals surface area contributed by atoms with Crippen LogP contribution in [0.15, 0.2) is 80.1 Å². The van der Waals surface area contributed by atoms with Gasteiger partial charge in [-0.15, -0.1) is 0 Å². The fraction of sp³-hybridized carbons (Fsp3) is 0.219. The fourth-order valence-corrected chi connectivity index (χ4v) is 6.79. The van der Waals surface area contributed by atoms with Gasteiger partial charge in [-0.1, -0.05) is 41.1 Å². The third-order valence-corrected chi connectivity index (χ3v) is 8.90. The van der Waals surface area contributed by atoms with E-state index in [1.165, 1.54) is 15.9 Å². The Kier molecular flexibility index (Phi) is 8.53. The molecule has 1 aromatic heterocycles. The maximum Gasteiger partial charge on any atom is 0.338 e. The van der Waals surface area contributed by atoms with Crippen molar-refractivity contribution in [2.24, 2.45) is 4.99 Å². The lowest BCUT2D eigenvalue weighted by Crippen LogP contribution is -2.39. The Bertz CT molecular complexity index is 1990. The molecule has 4 aromatic rings. The molecule has 3 heterocycles. The lowest BCUT2D eigenvalue weighted by atomic mass is 9.95. The number of carbonyl (C=O) groups excluding carboxylic acids is 1. The Morgan fingerprint density at radius 3 is 2.68 bits per heavy atom. The van der Waals surface area contributed by atoms with Crippen molar-refractivity contribution < 1.29 is 28.5 Å². The van der Waals surface area contributed by atoms with Gasteiger partial charge < -0.3 is 23.7 Å². The molecule has 226 valence electrons.